The first-order chi connectivity index (χ1) is 12.3. The van der Waals surface area contributed by atoms with Gasteiger partial charge in [0.15, 0.2) is 0 Å². The molecule has 5 rings (SSSR count). The second kappa shape index (κ2) is 5.91. The average molecular weight is 331 g/mol. The van der Waals surface area contributed by atoms with Gasteiger partial charge in [0.25, 0.3) is 0 Å². The van der Waals surface area contributed by atoms with Gasteiger partial charge in [0.05, 0.1) is 6.04 Å². The molecule has 0 N–H and O–H groups in total. The number of hydrogen-bond donors (Lipinski definition) is 0. The van der Waals surface area contributed by atoms with Crippen molar-refractivity contribution in [3.05, 3.63) is 65.2 Å². The summed E-state index contributed by atoms with van der Waals surface area (Å²) in [7, 11) is 0. The molecule has 0 aromatic heterocycles. The number of nitrogens with zero attached hydrogens (tertiary/aromatic N) is 3. The Hall–Kier alpha value is -2.29. The molecule has 2 heterocycles. The largest absolute Gasteiger partial charge is 0.331 e. The van der Waals surface area contributed by atoms with Crippen LogP contribution in [-0.4, -0.2) is 30.5 Å². The van der Waals surface area contributed by atoms with Crippen molar-refractivity contribution in [1.82, 2.24) is 4.90 Å². The van der Waals surface area contributed by atoms with E-state index in [9.17, 15) is 0 Å². The smallest absolute Gasteiger partial charge is 0.201 e. The Bertz CT molecular complexity index is 804. The molecule has 1 unspecified atom stereocenters. The lowest BCUT2D eigenvalue weighted by Gasteiger charge is -2.47. The summed E-state index contributed by atoms with van der Waals surface area (Å²) < 4.78 is 0. The fraction of sp³-hybridized carbons (Fsp3) is 0.409. The van der Waals surface area contributed by atoms with E-state index in [0.717, 1.165) is 32.0 Å². The minimum absolute atomic E-state index is 0.284. The number of hydrogen-bond acceptors (Lipinski definition) is 3. The first kappa shape index (κ1) is 15.0. The van der Waals surface area contributed by atoms with Gasteiger partial charge in [-0.2, -0.15) is 0 Å². The third-order valence-corrected chi connectivity index (χ3v) is 5.67. The molecule has 1 atom stereocenters. The Morgan fingerprint density at radius 3 is 2.64 bits per heavy atom. The van der Waals surface area contributed by atoms with Gasteiger partial charge in [0.2, 0.25) is 5.96 Å². The topological polar surface area (TPSA) is 18.8 Å². The maximum atomic E-state index is 4.97. The normalized spacial score (nSPS) is 22.3. The van der Waals surface area contributed by atoms with Crippen LogP contribution in [0.4, 0.5) is 5.69 Å². The summed E-state index contributed by atoms with van der Waals surface area (Å²) in [6, 6.07) is 18.3. The summed E-state index contributed by atoms with van der Waals surface area (Å²) in [6.07, 6.45) is 3.88. The zero-order valence-electron chi connectivity index (χ0n) is 14.9. The highest BCUT2D eigenvalue weighted by Crippen LogP contribution is 2.43. The van der Waals surface area contributed by atoms with Gasteiger partial charge in [-0.15, -0.1) is 0 Å². The van der Waals surface area contributed by atoms with Crippen LogP contribution in [0, 0.1) is 12.8 Å². The Morgan fingerprint density at radius 2 is 1.84 bits per heavy atom. The summed E-state index contributed by atoms with van der Waals surface area (Å²) in [6.45, 7) is 5.32. The first-order valence-corrected chi connectivity index (χ1v) is 9.55. The number of para-hydroxylation sites is 1. The van der Waals surface area contributed by atoms with Gasteiger partial charge in [-0.1, -0.05) is 48.0 Å². The van der Waals surface area contributed by atoms with Crippen LogP contribution < -0.4 is 4.90 Å². The summed E-state index contributed by atoms with van der Waals surface area (Å²) in [5.74, 6) is 2.04. The molecular formula is C22H25N3. The van der Waals surface area contributed by atoms with Crippen LogP contribution >= 0.6 is 0 Å². The zero-order valence-corrected chi connectivity index (χ0v) is 14.9. The molecule has 0 amide bonds. The highest BCUT2D eigenvalue weighted by molar-refractivity contribution is 6.00. The Morgan fingerprint density at radius 1 is 1.04 bits per heavy atom. The number of rotatable bonds is 3. The quantitative estimate of drug-likeness (QED) is 0.831. The molecule has 2 aromatic carbocycles. The average Bonchev–Trinajstić information content (AvgIpc) is 3.47. The van der Waals surface area contributed by atoms with E-state index >= 15 is 0 Å². The first-order valence-electron chi connectivity index (χ1n) is 9.55. The summed E-state index contributed by atoms with van der Waals surface area (Å²) in [4.78, 5) is 10.0. The van der Waals surface area contributed by atoms with Crippen molar-refractivity contribution >= 4 is 11.6 Å². The van der Waals surface area contributed by atoms with E-state index in [4.69, 9.17) is 4.99 Å². The Balaban J connectivity index is 1.65. The van der Waals surface area contributed by atoms with Crippen LogP contribution in [0.1, 0.15) is 42.0 Å². The molecule has 25 heavy (non-hydrogen) atoms. The van der Waals surface area contributed by atoms with Crippen molar-refractivity contribution in [3.8, 4) is 0 Å². The maximum absolute atomic E-state index is 4.97. The molecule has 1 fully saturated rings. The lowest BCUT2D eigenvalue weighted by molar-refractivity contribution is 0.322. The van der Waals surface area contributed by atoms with Gasteiger partial charge >= 0.3 is 0 Å². The van der Waals surface area contributed by atoms with Gasteiger partial charge in [-0.25, -0.2) is 0 Å². The Labute approximate surface area is 150 Å². The predicted octanol–water partition coefficient (Wildman–Crippen LogP) is 4.38. The van der Waals surface area contributed by atoms with Crippen molar-refractivity contribution in [3.63, 3.8) is 0 Å². The Kier molecular flexibility index (Phi) is 3.54. The fourth-order valence-electron chi connectivity index (χ4n) is 4.18. The van der Waals surface area contributed by atoms with E-state index < -0.39 is 0 Å². The van der Waals surface area contributed by atoms with Crippen LogP contribution in [0.5, 0.6) is 0 Å². The van der Waals surface area contributed by atoms with Gasteiger partial charge in [-0.05, 0) is 43.7 Å². The standard InChI is InChI=1S/C22H25N3/c1-16-7-11-18(12-8-16)21-19-5-2-3-6-20(19)25(15-17-9-10-17)22-23-13-4-14-24(21)22/h2-3,5-8,11-12,17,21H,4,9-10,13-15H2,1H3. The highest BCUT2D eigenvalue weighted by Gasteiger charge is 2.39. The number of anilines is 1. The second-order valence-corrected chi connectivity index (χ2v) is 7.65. The van der Waals surface area contributed by atoms with E-state index in [0.29, 0.717) is 0 Å². The van der Waals surface area contributed by atoms with Gasteiger partial charge in [-0.3, -0.25) is 4.99 Å². The van der Waals surface area contributed by atoms with Crippen molar-refractivity contribution < 1.29 is 0 Å². The molecule has 3 nitrogen and oxygen atoms in total. The number of aliphatic imine (C=N–C) groups is 1. The monoisotopic (exact) mass is 331 g/mol. The van der Waals surface area contributed by atoms with Crippen molar-refractivity contribution in [2.24, 2.45) is 10.9 Å². The minimum atomic E-state index is 0.284. The molecular weight excluding hydrogens is 306 g/mol. The number of benzene rings is 2. The van der Waals surface area contributed by atoms with Crippen LogP contribution in [0.3, 0.4) is 0 Å². The SMILES string of the molecule is Cc1ccc(C2c3ccccc3N(CC3CC3)C3=NCCCN32)cc1. The molecule has 1 saturated carbocycles. The lowest BCUT2D eigenvalue weighted by atomic mass is 9.92. The molecule has 3 aliphatic rings. The molecule has 128 valence electrons. The molecule has 2 aliphatic heterocycles. The van der Waals surface area contributed by atoms with Crippen molar-refractivity contribution in [2.45, 2.75) is 32.2 Å². The number of aryl methyl sites for hydroxylation is 1. The molecule has 2 aromatic rings. The molecule has 3 heteroatoms. The van der Waals surface area contributed by atoms with Crippen LogP contribution in [0.25, 0.3) is 0 Å². The molecule has 1 aliphatic carbocycles. The van der Waals surface area contributed by atoms with E-state index in [1.165, 1.54) is 41.2 Å². The van der Waals surface area contributed by atoms with Gasteiger partial charge in [0, 0.05) is 30.9 Å². The zero-order chi connectivity index (χ0) is 16.8. The van der Waals surface area contributed by atoms with E-state index in [1.54, 1.807) is 0 Å². The second-order valence-electron chi connectivity index (χ2n) is 7.65. The van der Waals surface area contributed by atoms with Crippen molar-refractivity contribution in [1.29, 1.82) is 0 Å². The fourth-order valence-corrected chi connectivity index (χ4v) is 4.18. The summed E-state index contributed by atoms with van der Waals surface area (Å²) in [5, 5.41) is 0. The summed E-state index contributed by atoms with van der Waals surface area (Å²) in [5.41, 5.74) is 5.47. The van der Waals surface area contributed by atoms with Gasteiger partial charge < -0.3 is 9.80 Å². The van der Waals surface area contributed by atoms with E-state index in [2.05, 4.69) is 65.3 Å². The predicted molar refractivity (Wildman–Crippen MR) is 103 cm³/mol. The number of guanidine groups is 1. The highest BCUT2D eigenvalue weighted by atomic mass is 15.4. The molecule has 0 saturated heterocycles. The van der Waals surface area contributed by atoms with Gasteiger partial charge in [0.1, 0.15) is 0 Å². The van der Waals surface area contributed by atoms with E-state index in [-0.39, 0.29) is 6.04 Å². The number of fused-ring (bicyclic) bond motifs is 2. The van der Waals surface area contributed by atoms with Crippen LogP contribution in [0.2, 0.25) is 0 Å². The molecule has 0 radical (unpaired) electrons. The van der Waals surface area contributed by atoms with Crippen LogP contribution in [0.15, 0.2) is 53.5 Å². The molecule has 0 spiro atoms. The molecule has 0 bridgehead atoms. The minimum Gasteiger partial charge on any atom is -0.331 e. The maximum Gasteiger partial charge on any atom is 0.201 e. The van der Waals surface area contributed by atoms with E-state index in [1.807, 2.05) is 0 Å². The van der Waals surface area contributed by atoms with Crippen LogP contribution in [-0.2, 0) is 0 Å². The third kappa shape index (κ3) is 2.62. The van der Waals surface area contributed by atoms with Crippen molar-refractivity contribution in [2.75, 3.05) is 24.5 Å². The lowest BCUT2D eigenvalue weighted by Crippen LogP contribution is -2.53. The summed E-state index contributed by atoms with van der Waals surface area (Å²) >= 11 is 0. The third-order valence-electron chi connectivity index (χ3n) is 5.67.